The average Bonchev–Trinajstić information content (AvgIpc) is 3.10. The number of benzene rings is 1. The van der Waals surface area contributed by atoms with E-state index in [-0.39, 0.29) is 11.8 Å². The summed E-state index contributed by atoms with van der Waals surface area (Å²) in [5.74, 6) is 0.268. The molecule has 7 heteroatoms. The lowest BCUT2D eigenvalue weighted by Crippen LogP contribution is -2.50. The van der Waals surface area contributed by atoms with Crippen molar-refractivity contribution in [2.24, 2.45) is 5.92 Å². The summed E-state index contributed by atoms with van der Waals surface area (Å²) in [5, 5.41) is 13.9. The molecule has 3 N–H and O–H groups in total. The number of rotatable bonds is 6. The van der Waals surface area contributed by atoms with Gasteiger partial charge < -0.3 is 15.5 Å². The van der Waals surface area contributed by atoms with Crippen LogP contribution in [0.4, 0.5) is 0 Å². The van der Waals surface area contributed by atoms with Crippen molar-refractivity contribution in [3.63, 3.8) is 0 Å². The van der Waals surface area contributed by atoms with Gasteiger partial charge in [-0.25, -0.2) is 0 Å². The molecule has 2 aromatic rings. The normalized spacial score (nSPS) is 16.6. The Morgan fingerprint density at radius 2 is 2.04 bits per heavy atom. The smallest absolute Gasteiger partial charge is 0.273 e. The van der Waals surface area contributed by atoms with Crippen molar-refractivity contribution < 1.29 is 9.59 Å². The molecule has 0 radical (unpaired) electrons. The maximum Gasteiger partial charge on any atom is 0.273 e. The molecule has 1 aromatic carbocycles. The number of carbonyl (C=O) groups excluding carboxylic acids is 2. The van der Waals surface area contributed by atoms with Gasteiger partial charge in [-0.3, -0.25) is 14.7 Å². The molecule has 0 aliphatic carbocycles. The molecule has 1 aliphatic heterocycles. The molecule has 0 bridgehead atoms. The molecular formula is C19H27N5O2. The minimum absolute atomic E-state index is 0.0277. The lowest BCUT2D eigenvalue weighted by molar-refractivity contribution is -0.134. The van der Waals surface area contributed by atoms with Crippen LogP contribution in [0, 0.1) is 5.92 Å². The summed E-state index contributed by atoms with van der Waals surface area (Å²) in [7, 11) is 0. The molecule has 26 heavy (non-hydrogen) atoms. The summed E-state index contributed by atoms with van der Waals surface area (Å²) >= 11 is 0. The monoisotopic (exact) mass is 357 g/mol. The summed E-state index contributed by atoms with van der Waals surface area (Å²) in [6.45, 7) is 7.33. The number of nitrogens with zero attached hydrogens (tertiary/aromatic N) is 2. The van der Waals surface area contributed by atoms with Gasteiger partial charge in [-0.15, -0.1) is 0 Å². The van der Waals surface area contributed by atoms with E-state index < -0.39 is 6.04 Å². The third-order valence-corrected chi connectivity index (χ3v) is 5.01. The predicted octanol–water partition coefficient (Wildman–Crippen LogP) is 1.53. The molecule has 1 aromatic heterocycles. The van der Waals surface area contributed by atoms with E-state index in [2.05, 4.69) is 27.8 Å². The van der Waals surface area contributed by atoms with Crippen LogP contribution < -0.4 is 10.6 Å². The summed E-state index contributed by atoms with van der Waals surface area (Å²) in [6, 6.07) is 6.89. The second kappa shape index (κ2) is 8.31. The van der Waals surface area contributed by atoms with Crippen molar-refractivity contribution in [1.29, 1.82) is 0 Å². The zero-order chi connectivity index (χ0) is 18.5. The molecule has 2 heterocycles. The highest BCUT2D eigenvalue weighted by Crippen LogP contribution is 2.18. The topological polar surface area (TPSA) is 90.1 Å². The van der Waals surface area contributed by atoms with E-state index in [1.54, 1.807) is 6.92 Å². The standard InChI is InChI=1S/C19H27N5O2/c1-3-20-12-14-8-10-24(11-9-14)19(26)13(2)21-18(25)17-15-6-4-5-7-16(15)22-23-17/h4-7,13-14,20H,3,8-12H2,1-2H3,(H,21,25)(H,22,23). The van der Waals surface area contributed by atoms with Crippen LogP contribution in [0.25, 0.3) is 10.9 Å². The Labute approximate surface area is 153 Å². The van der Waals surface area contributed by atoms with Crippen LogP contribution in [0.3, 0.4) is 0 Å². The number of aromatic nitrogens is 2. The maximum absolute atomic E-state index is 12.7. The van der Waals surface area contributed by atoms with Gasteiger partial charge in [0.25, 0.3) is 5.91 Å². The van der Waals surface area contributed by atoms with Crippen molar-refractivity contribution in [1.82, 2.24) is 25.7 Å². The van der Waals surface area contributed by atoms with Crippen LogP contribution in [-0.4, -0.2) is 59.1 Å². The van der Waals surface area contributed by atoms with Crippen LogP contribution in [-0.2, 0) is 4.79 Å². The molecule has 2 amide bonds. The van der Waals surface area contributed by atoms with E-state index >= 15 is 0 Å². The molecular weight excluding hydrogens is 330 g/mol. The van der Waals surface area contributed by atoms with Gasteiger partial charge in [0.05, 0.1) is 5.52 Å². The Morgan fingerprint density at radius 1 is 1.31 bits per heavy atom. The highest BCUT2D eigenvalue weighted by atomic mass is 16.2. The molecule has 7 nitrogen and oxygen atoms in total. The van der Waals surface area contributed by atoms with Gasteiger partial charge >= 0.3 is 0 Å². The Bertz CT molecular complexity index is 764. The van der Waals surface area contributed by atoms with Crippen LogP contribution in [0.2, 0.25) is 0 Å². The number of piperidine rings is 1. The number of amides is 2. The zero-order valence-electron chi connectivity index (χ0n) is 15.4. The molecule has 0 saturated carbocycles. The Balaban J connectivity index is 1.55. The third-order valence-electron chi connectivity index (χ3n) is 5.01. The van der Waals surface area contributed by atoms with Crippen molar-refractivity contribution in [3.8, 4) is 0 Å². The summed E-state index contributed by atoms with van der Waals surface area (Å²) in [4.78, 5) is 27.0. The first kappa shape index (κ1) is 18.4. The van der Waals surface area contributed by atoms with Crippen LogP contribution in [0.15, 0.2) is 24.3 Å². The number of nitrogens with one attached hydrogen (secondary N) is 3. The number of hydrogen-bond acceptors (Lipinski definition) is 4. The van der Waals surface area contributed by atoms with Gasteiger partial charge in [0.15, 0.2) is 5.69 Å². The average molecular weight is 357 g/mol. The van der Waals surface area contributed by atoms with E-state index in [1.165, 1.54) is 0 Å². The Kier molecular flexibility index (Phi) is 5.88. The van der Waals surface area contributed by atoms with Gasteiger partial charge in [0, 0.05) is 18.5 Å². The highest BCUT2D eigenvalue weighted by molar-refractivity contribution is 6.05. The minimum atomic E-state index is -0.566. The molecule has 1 atom stereocenters. The SMILES string of the molecule is CCNCC1CCN(C(=O)C(C)NC(=O)c2n[nH]c3ccccc23)CC1. The number of fused-ring (bicyclic) bond motifs is 1. The lowest BCUT2D eigenvalue weighted by Gasteiger charge is -2.33. The van der Waals surface area contributed by atoms with Crippen LogP contribution in [0.5, 0.6) is 0 Å². The Hall–Kier alpha value is -2.41. The number of hydrogen-bond donors (Lipinski definition) is 3. The van der Waals surface area contributed by atoms with Crippen LogP contribution >= 0.6 is 0 Å². The zero-order valence-corrected chi connectivity index (χ0v) is 15.4. The highest BCUT2D eigenvalue weighted by Gasteiger charge is 2.27. The van der Waals surface area contributed by atoms with E-state index in [0.717, 1.165) is 49.9 Å². The molecule has 1 saturated heterocycles. The van der Waals surface area contributed by atoms with Gasteiger partial charge in [0.1, 0.15) is 6.04 Å². The van der Waals surface area contributed by atoms with E-state index in [0.29, 0.717) is 11.6 Å². The fourth-order valence-electron chi connectivity index (χ4n) is 3.44. The van der Waals surface area contributed by atoms with Crippen molar-refractivity contribution >= 4 is 22.7 Å². The molecule has 1 aliphatic rings. The summed E-state index contributed by atoms with van der Waals surface area (Å²) in [6.07, 6.45) is 2.01. The van der Waals surface area contributed by atoms with E-state index in [9.17, 15) is 9.59 Å². The van der Waals surface area contributed by atoms with Crippen molar-refractivity contribution in [2.75, 3.05) is 26.2 Å². The number of aromatic amines is 1. The first-order valence-corrected chi connectivity index (χ1v) is 9.33. The minimum Gasteiger partial charge on any atom is -0.341 e. The second-order valence-electron chi connectivity index (χ2n) is 6.89. The maximum atomic E-state index is 12.7. The number of para-hydroxylation sites is 1. The predicted molar refractivity (Wildman–Crippen MR) is 101 cm³/mol. The van der Waals surface area contributed by atoms with Crippen molar-refractivity contribution in [3.05, 3.63) is 30.0 Å². The Morgan fingerprint density at radius 3 is 2.77 bits per heavy atom. The first-order valence-electron chi connectivity index (χ1n) is 9.33. The lowest BCUT2D eigenvalue weighted by atomic mass is 9.96. The van der Waals surface area contributed by atoms with Gasteiger partial charge in [-0.2, -0.15) is 5.10 Å². The molecule has 3 rings (SSSR count). The quantitative estimate of drug-likeness (QED) is 0.731. The largest absolute Gasteiger partial charge is 0.341 e. The number of likely N-dealkylation sites (tertiary alicyclic amines) is 1. The molecule has 0 spiro atoms. The van der Waals surface area contributed by atoms with Gasteiger partial charge in [0.2, 0.25) is 5.91 Å². The molecule has 1 unspecified atom stereocenters. The van der Waals surface area contributed by atoms with Crippen LogP contribution in [0.1, 0.15) is 37.2 Å². The van der Waals surface area contributed by atoms with Gasteiger partial charge in [-0.1, -0.05) is 25.1 Å². The van der Waals surface area contributed by atoms with E-state index in [4.69, 9.17) is 0 Å². The fraction of sp³-hybridized carbons (Fsp3) is 0.526. The second-order valence-corrected chi connectivity index (χ2v) is 6.89. The van der Waals surface area contributed by atoms with Crippen molar-refractivity contribution in [2.45, 2.75) is 32.7 Å². The molecule has 140 valence electrons. The van der Waals surface area contributed by atoms with Gasteiger partial charge in [-0.05, 0) is 44.8 Å². The summed E-state index contributed by atoms with van der Waals surface area (Å²) < 4.78 is 0. The molecule has 1 fully saturated rings. The summed E-state index contributed by atoms with van der Waals surface area (Å²) in [5.41, 5.74) is 1.13. The number of carbonyl (C=O) groups is 2. The van der Waals surface area contributed by atoms with E-state index in [1.807, 2.05) is 29.2 Å². The fourth-order valence-corrected chi connectivity index (χ4v) is 3.44. The third kappa shape index (κ3) is 4.04. The first-order chi connectivity index (χ1) is 12.6. The number of H-pyrrole nitrogens is 1.